The minimum atomic E-state index is -0.618. The van der Waals surface area contributed by atoms with E-state index in [2.05, 4.69) is 26.3 Å². The molecular weight excluding hydrogens is 286 g/mol. The van der Waals surface area contributed by atoms with Gasteiger partial charge in [0.05, 0.1) is 0 Å². The summed E-state index contributed by atoms with van der Waals surface area (Å²) in [5, 5.41) is 10.5. The van der Waals surface area contributed by atoms with Crippen LogP contribution in [0.2, 0.25) is 0 Å². The Balaban J connectivity index is 1.61. The molecule has 0 unspecified atom stereocenters. The summed E-state index contributed by atoms with van der Waals surface area (Å²) in [4.78, 5) is 38.1. The average molecular weight is 305 g/mol. The lowest BCUT2D eigenvalue weighted by Gasteiger charge is -2.10. The van der Waals surface area contributed by atoms with Crippen LogP contribution >= 0.6 is 0 Å². The highest BCUT2D eigenvalue weighted by atomic mass is 16.2. The van der Waals surface area contributed by atoms with Crippen LogP contribution in [0.15, 0.2) is 18.3 Å². The molecule has 0 spiro atoms. The molecule has 0 radical (unpaired) electrons. The number of pyridine rings is 1. The topological polar surface area (TPSA) is 112 Å². The van der Waals surface area contributed by atoms with Gasteiger partial charge in [-0.25, -0.2) is 9.78 Å². The zero-order valence-corrected chi connectivity index (χ0v) is 12.3. The van der Waals surface area contributed by atoms with Crippen LogP contribution in [-0.4, -0.2) is 42.0 Å². The van der Waals surface area contributed by atoms with E-state index in [9.17, 15) is 14.4 Å². The second kappa shape index (κ2) is 7.39. The molecule has 1 aliphatic heterocycles. The fourth-order valence-electron chi connectivity index (χ4n) is 2.08. The summed E-state index contributed by atoms with van der Waals surface area (Å²) in [7, 11) is 0. The molecule has 4 N–H and O–H groups in total. The SMILES string of the molecule is Cc1cccnc1NCCNC(=O)CC[C@H]1NC(=O)NC1=O. The molecule has 2 heterocycles. The fourth-order valence-corrected chi connectivity index (χ4v) is 2.08. The summed E-state index contributed by atoms with van der Waals surface area (Å²) in [6.45, 7) is 2.97. The quantitative estimate of drug-likeness (QED) is 0.415. The number of hydrogen-bond acceptors (Lipinski definition) is 5. The molecule has 1 aliphatic rings. The van der Waals surface area contributed by atoms with E-state index in [0.717, 1.165) is 11.4 Å². The number of nitrogens with zero attached hydrogens (tertiary/aromatic N) is 1. The molecule has 0 bridgehead atoms. The number of aryl methyl sites for hydroxylation is 1. The van der Waals surface area contributed by atoms with Crippen LogP contribution in [0.5, 0.6) is 0 Å². The first-order chi connectivity index (χ1) is 10.6. The number of aromatic nitrogens is 1. The molecule has 1 aromatic heterocycles. The van der Waals surface area contributed by atoms with Crippen molar-refractivity contribution in [2.75, 3.05) is 18.4 Å². The second-order valence-corrected chi connectivity index (χ2v) is 5.00. The largest absolute Gasteiger partial charge is 0.368 e. The van der Waals surface area contributed by atoms with Crippen molar-refractivity contribution in [3.8, 4) is 0 Å². The number of rotatable bonds is 7. The Bertz CT molecular complexity index is 575. The summed E-state index contributed by atoms with van der Waals surface area (Å²) in [5.74, 6) is 0.251. The Morgan fingerprint density at radius 2 is 2.18 bits per heavy atom. The molecule has 1 saturated heterocycles. The average Bonchev–Trinajstić information content (AvgIpc) is 2.81. The lowest BCUT2D eigenvalue weighted by Crippen LogP contribution is -2.33. The van der Waals surface area contributed by atoms with Crippen molar-refractivity contribution in [1.29, 1.82) is 0 Å². The molecular formula is C14H19N5O3. The summed E-state index contributed by atoms with van der Waals surface area (Å²) in [6, 6.07) is 2.69. The fraction of sp³-hybridized carbons (Fsp3) is 0.429. The smallest absolute Gasteiger partial charge is 0.322 e. The van der Waals surface area contributed by atoms with Gasteiger partial charge in [0, 0.05) is 25.7 Å². The highest BCUT2D eigenvalue weighted by Gasteiger charge is 2.29. The molecule has 2 rings (SSSR count). The van der Waals surface area contributed by atoms with Crippen molar-refractivity contribution >= 4 is 23.7 Å². The van der Waals surface area contributed by atoms with Crippen molar-refractivity contribution in [1.82, 2.24) is 20.9 Å². The van der Waals surface area contributed by atoms with Crippen LogP contribution in [0.25, 0.3) is 0 Å². The van der Waals surface area contributed by atoms with Crippen LogP contribution < -0.4 is 21.3 Å². The minimum Gasteiger partial charge on any atom is -0.368 e. The monoisotopic (exact) mass is 305 g/mol. The van der Waals surface area contributed by atoms with E-state index >= 15 is 0 Å². The van der Waals surface area contributed by atoms with Gasteiger partial charge in [-0.3, -0.25) is 14.9 Å². The van der Waals surface area contributed by atoms with Gasteiger partial charge in [0.25, 0.3) is 5.91 Å². The van der Waals surface area contributed by atoms with E-state index in [1.807, 2.05) is 19.1 Å². The molecule has 22 heavy (non-hydrogen) atoms. The van der Waals surface area contributed by atoms with E-state index in [1.54, 1.807) is 6.20 Å². The van der Waals surface area contributed by atoms with Crippen LogP contribution in [-0.2, 0) is 9.59 Å². The van der Waals surface area contributed by atoms with Crippen LogP contribution in [0.3, 0.4) is 0 Å². The van der Waals surface area contributed by atoms with E-state index in [-0.39, 0.29) is 24.7 Å². The number of anilines is 1. The Morgan fingerprint density at radius 1 is 1.36 bits per heavy atom. The maximum atomic E-state index is 11.7. The Morgan fingerprint density at radius 3 is 2.86 bits per heavy atom. The first kappa shape index (κ1) is 15.7. The van der Waals surface area contributed by atoms with Crippen molar-refractivity contribution < 1.29 is 14.4 Å². The molecule has 8 heteroatoms. The van der Waals surface area contributed by atoms with Crippen LogP contribution in [0.1, 0.15) is 18.4 Å². The highest BCUT2D eigenvalue weighted by Crippen LogP contribution is 2.08. The number of urea groups is 1. The Labute approximate surface area is 128 Å². The van der Waals surface area contributed by atoms with Crippen molar-refractivity contribution in [3.05, 3.63) is 23.9 Å². The first-order valence-corrected chi connectivity index (χ1v) is 7.10. The summed E-state index contributed by atoms with van der Waals surface area (Å²) in [6.07, 6.45) is 2.17. The van der Waals surface area contributed by atoms with Gasteiger partial charge in [-0.1, -0.05) is 6.07 Å². The summed E-state index contributed by atoms with van der Waals surface area (Å²) in [5.41, 5.74) is 1.04. The van der Waals surface area contributed by atoms with Crippen molar-refractivity contribution in [2.24, 2.45) is 0 Å². The third kappa shape index (κ3) is 4.44. The Kier molecular flexibility index (Phi) is 5.29. The normalized spacial score (nSPS) is 16.9. The molecule has 4 amide bonds. The van der Waals surface area contributed by atoms with Gasteiger partial charge in [0.15, 0.2) is 0 Å². The summed E-state index contributed by atoms with van der Waals surface area (Å²) >= 11 is 0. The van der Waals surface area contributed by atoms with Gasteiger partial charge in [0.1, 0.15) is 11.9 Å². The van der Waals surface area contributed by atoms with Gasteiger partial charge < -0.3 is 16.0 Å². The molecule has 8 nitrogen and oxygen atoms in total. The minimum absolute atomic E-state index is 0.159. The van der Waals surface area contributed by atoms with Crippen LogP contribution in [0.4, 0.5) is 10.6 Å². The van der Waals surface area contributed by atoms with Crippen molar-refractivity contribution in [3.63, 3.8) is 0 Å². The van der Waals surface area contributed by atoms with E-state index in [1.165, 1.54) is 0 Å². The van der Waals surface area contributed by atoms with Gasteiger partial charge in [-0.2, -0.15) is 0 Å². The highest BCUT2D eigenvalue weighted by molar-refractivity contribution is 6.04. The number of carbonyl (C=O) groups is 3. The number of imide groups is 1. The van der Waals surface area contributed by atoms with Crippen molar-refractivity contribution in [2.45, 2.75) is 25.8 Å². The predicted octanol–water partition coefficient (Wildman–Crippen LogP) is -0.0937. The maximum Gasteiger partial charge on any atom is 0.322 e. The van der Waals surface area contributed by atoms with E-state index in [0.29, 0.717) is 13.1 Å². The first-order valence-electron chi connectivity index (χ1n) is 7.10. The van der Waals surface area contributed by atoms with E-state index < -0.39 is 12.1 Å². The maximum absolute atomic E-state index is 11.7. The van der Waals surface area contributed by atoms with Gasteiger partial charge in [0.2, 0.25) is 5.91 Å². The standard InChI is InChI=1S/C14H19N5O3/c1-9-3-2-6-16-12(9)17-8-7-15-11(20)5-4-10-13(21)19-14(22)18-10/h2-3,6,10H,4-5,7-8H2,1H3,(H,15,20)(H,16,17)(H2,18,19,21,22)/t10-/m1/s1. The number of amides is 4. The third-order valence-electron chi connectivity index (χ3n) is 3.27. The molecule has 0 saturated carbocycles. The molecule has 1 atom stereocenters. The lowest BCUT2D eigenvalue weighted by molar-refractivity contribution is -0.122. The molecule has 1 fully saturated rings. The number of carbonyl (C=O) groups excluding carboxylic acids is 3. The predicted molar refractivity (Wildman–Crippen MR) is 80.2 cm³/mol. The molecule has 0 aromatic carbocycles. The van der Waals surface area contributed by atoms with Gasteiger partial charge in [-0.05, 0) is 25.0 Å². The molecule has 0 aliphatic carbocycles. The second-order valence-electron chi connectivity index (χ2n) is 5.00. The Hall–Kier alpha value is -2.64. The summed E-state index contributed by atoms with van der Waals surface area (Å²) < 4.78 is 0. The number of nitrogens with one attached hydrogen (secondary N) is 4. The zero-order chi connectivity index (χ0) is 15.9. The van der Waals surface area contributed by atoms with Gasteiger partial charge in [-0.15, -0.1) is 0 Å². The lowest BCUT2D eigenvalue weighted by atomic mass is 10.1. The van der Waals surface area contributed by atoms with Gasteiger partial charge >= 0.3 is 6.03 Å². The molecule has 118 valence electrons. The number of hydrogen-bond donors (Lipinski definition) is 4. The zero-order valence-electron chi connectivity index (χ0n) is 12.3. The molecule has 1 aromatic rings. The third-order valence-corrected chi connectivity index (χ3v) is 3.27. The van der Waals surface area contributed by atoms with Crippen LogP contribution in [0, 0.1) is 6.92 Å². The van der Waals surface area contributed by atoms with E-state index in [4.69, 9.17) is 0 Å².